The first-order chi connectivity index (χ1) is 14.7. The van der Waals surface area contributed by atoms with Crippen molar-refractivity contribution in [1.29, 1.82) is 0 Å². The summed E-state index contributed by atoms with van der Waals surface area (Å²) in [4.78, 5) is 0. The summed E-state index contributed by atoms with van der Waals surface area (Å²) in [5.41, 5.74) is 10.1. The van der Waals surface area contributed by atoms with Crippen LogP contribution in [0.15, 0.2) is 48.8 Å². The van der Waals surface area contributed by atoms with E-state index in [9.17, 15) is 0 Å². The molecule has 0 aliphatic carbocycles. The maximum atomic E-state index is 5.21. The van der Waals surface area contributed by atoms with E-state index in [1.807, 2.05) is 18.5 Å². The fourth-order valence-electron chi connectivity index (χ4n) is 2.69. The van der Waals surface area contributed by atoms with Gasteiger partial charge in [0.25, 0.3) is 0 Å². The largest absolute Gasteiger partial charge is 0.330 e. The molecule has 2 rings (SSSR count). The third-order valence-electron chi connectivity index (χ3n) is 4.40. The second-order valence-electron chi connectivity index (χ2n) is 7.95. The van der Waals surface area contributed by atoms with Crippen LogP contribution in [0.1, 0.15) is 50.7 Å². The molecule has 0 saturated heterocycles. The lowest BCUT2D eigenvalue weighted by atomic mass is 10.0. The van der Waals surface area contributed by atoms with Crippen LogP contribution in [0.5, 0.6) is 0 Å². The van der Waals surface area contributed by atoms with E-state index in [1.165, 1.54) is 53.7 Å². The van der Waals surface area contributed by atoms with E-state index < -0.39 is 9.21 Å². The normalized spacial score (nSPS) is 10.2. The molecule has 1 aromatic carbocycles. The number of hydrogen-bond acceptors (Lipinski definition) is 2. The molecule has 0 aliphatic rings. The number of hydrogen-bond donors (Lipinski definition) is 2. The first kappa shape index (κ1) is 29.4. The fraction of sp³-hybridized carbons (Fsp3) is 0.423. The number of nitrogens with one attached hydrogen (secondary N) is 1. The van der Waals surface area contributed by atoms with Crippen molar-refractivity contribution in [2.75, 3.05) is 18.6 Å². The van der Waals surface area contributed by atoms with Gasteiger partial charge in [0.15, 0.2) is 0 Å². The fourth-order valence-corrected chi connectivity index (χ4v) is 3.84. The number of aromatic amines is 1. The van der Waals surface area contributed by atoms with E-state index in [2.05, 4.69) is 95.5 Å². The van der Waals surface area contributed by atoms with E-state index in [-0.39, 0.29) is 0 Å². The molecule has 1 unspecified atom stereocenters. The van der Waals surface area contributed by atoms with Gasteiger partial charge in [0.1, 0.15) is 0 Å². The highest BCUT2D eigenvalue weighted by Gasteiger charge is 2.00. The number of aromatic nitrogens is 2. The Morgan fingerprint density at radius 3 is 2.19 bits per heavy atom. The summed E-state index contributed by atoms with van der Waals surface area (Å²) in [6.07, 6.45) is 10.8. The van der Waals surface area contributed by atoms with Crippen molar-refractivity contribution in [2.24, 2.45) is 5.73 Å². The van der Waals surface area contributed by atoms with Crippen molar-refractivity contribution in [3.05, 3.63) is 59.9 Å². The van der Waals surface area contributed by atoms with E-state index in [0.29, 0.717) is 0 Å². The summed E-state index contributed by atoms with van der Waals surface area (Å²) in [6, 6.07) is 12.6. The minimum Gasteiger partial charge on any atom is -0.330 e. The van der Waals surface area contributed by atoms with Gasteiger partial charge in [0, 0.05) is 6.20 Å². The molecule has 0 saturated carbocycles. The molecule has 0 fully saturated rings. The summed E-state index contributed by atoms with van der Waals surface area (Å²) in [5, 5.41) is 8.08. The highest BCUT2D eigenvalue weighted by atomic mass is 32.2. The standard InChI is InChI=1S/C15H17N2P.C6H14S.C5H13N/c1-11-5-3-4-6-14(11)13-7-8-16-17-10-15(18)12(2)9-13;1-5-6-7(2,3)4;1-2-3-4-5-6/h3-10,16H,18H2,1-2H3;2-3,5-6H2,1,4H3;2-6H2,1H3. The average molecular weight is 462 g/mol. The molecule has 3 N–H and O–H groups in total. The lowest BCUT2D eigenvalue weighted by molar-refractivity contribution is 0.727. The average Bonchev–Trinajstić information content (AvgIpc) is 2.78. The Balaban J connectivity index is 0.000000573. The third-order valence-corrected chi connectivity index (χ3v) is 6.40. The van der Waals surface area contributed by atoms with Gasteiger partial charge < -0.3 is 5.73 Å². The Hall–Kier alpha value is -1.61. The second-order valence-corrected chi connectivity index (χ2v) is 11.9. The second kappa shape index (κ2) is 17.0. The number of benzene rings is 1. The quantitative estimate of drug-likeness (QED) is 0.308. The molecule has 0 aliphatic heterocycles. The minimum atomic E-state index is -0.674. The Labute approximate surface area is 194 Å². The van der Waals surface area contributed by atoms with Crippen LogP contribution in [0.3, 0.4) is 0 Å². The zero-order chi connectivity index (χ0) is 23.7. The van der Waals surface area contributed by atoms with Gasteiger partial charge in [-0.2, -0.15) is 5.10 Å². The summed E-state index contributed by atoms with van der Waals surface area (Å²) in [5.74, 6) is 9.07. The lowest BCUT2D eigenvalue weighted by Gasteiger charge is -2.04. The summed E-state index contributed by atoms with van der Waals surface area (Å²) < 4.78 is 0. The molecule has 3 nitrogen and oxygen atoms in total. The van der Waals surface area contributed by atoms with Crippen molar-refractivity contribution in [3.8, 4) is 11.1 Å². The summed E-state index contributed by atoms with van der Waals surface area (Å²) >= 11 is 0. The predicted molar refractivity (Wildman–Crippen MR) is 152 cm³/mol. The van der Waals surface area contributed by atoms with Gasteiger partial charge in [0.2, 0.25) is 0 Å². The van der Waals surface area contributed by atoms with Gasteiger partial charge in [0.05, 0.1) is 6.20 Å². The van der Waals surface area contributed by atoms with Gasteiger partial charge in [-0.1, -0.05) is 68.8 Å². The molecule has 0 amide bonds. The molecular formula is C26H44N3PS. The highest BCUT2D eigenvalue weighted by molar-refractivity contribution is 8.27. The molecule has 5 heteroatoms. The maximum absolute atomic E-state index is 5.21. The molecule has 1 atom stereocenters. The van der Waals surface area contributed by atoms with Crippen molar-refractivity contribution < 1.29 is 0 Å². The molecule has 174 valence electrons. The van der Waals surface area contributed by atoms with Crippen LogP contribution in [-0.4, -0.2) is 40.5 Å². The van der Waals surface area contributed by atoms with E-state index >= 15 is 0 Å². The van der Waals surface area contributed by atoms with Gasteiger partial charge in [-0.15, -0.1) is 9.24 Å². The molecule has 2 aromatic rings. The van der Waals surface area contributed by atoms with Crippen LogP contribution in [0, 0.1) is 13.8 Å². The Morgan fingerprint density at radius 2 is 1.71 bits per heavy atom. The number of H-pyrrole nitrogens is 1. The van der Waals surface area contributed by atoms with Crippen LogP contribution in [-0.2, 0) is 0 Å². The van der Waals surface area contributed by atoms with Crippen LogP contribution >= 0.6 is 18.4 Å². The number of rotatable bonds is 6. The van der Waals surface area contributed by atoms with E-state index in [4.69, 9.17) is 5.73 Å². The van der Waals surface area contributed by atoms with Gasteiger partial charge in [-0.3, -0.25) is 5.10 Å². The van der Waals surface area contributed by atoms with Crippen molar-refractivity contribution >= 4 is 35.5 Å². The van der Waals surface area contributed by atoms with E-state index in [1.54, 1.807) is 0 Å². The number of nitrogens with zero attached hydrogens (tertiary/aromatic N) is 1. The molecular weight excluding hydrogens is 417 g/mol. The Bertz CT molecular complexity index is 896. The zero-order valence-electron chi connectivity index (χ0n) is 20.3. The molecule has 0 radical (unpaired) electrons. The van der Waals surface area contributed by atoms with Gasteiger partial charge >= 0.3 is 0 Å². The highest BCUT2D eigenvalue weighted by Crippen LogP contribution is 2.22. The SMILES string of the molecule is C=S(=C)(C)CCC.CCCCCN.Cc1cc(-c2ccccc2C)cc[nH]ncc1P. The molecule has 0 spiro atoms. The number of aryl methyl sites for hydroxylation is 2. The maximum Gasteiger partial charge on any atom is 0.0546 e. The first-order valence-electron chi connectivity index (χ1n) is 11.0. The van der Waals surface area contributed by atoms with Crippen LogP contribution in [0.25, 0.3) is 11.1 Å². The molecule has 1 aromatic heterocycles. The van der Waals surface area contributed by atoms with Gasteiger partial charge in [-0.25, -0.2) is 9.21 Å². The first-order valence-corrected chi connectivity index (χ1v) is 14.1. The van der Waals surface area contributed by atoms with Crippen molar-refractivity contribution in [2.45, 2.75) is 53.4 Å². The van der Waals surface area contributed by atoms with Crippen molar-refractivity contribution in [1.82, 2.24) is 10.2 Å². The number of nitrogens with two attached hydrogens (primary N) is 1. The molecule has 0 bridgehead atoms. The zero-order valence-corrected chi connectivity index (χ0v) is 22.3. The van der Waals surface area contributed by atoms with Crippen LogP contribution < -0.4 is 11.0 Å². The monoisotopic (exact) mass is 461 g/mol. The smallest absolute Gasteiger partial charge is 0.0546 e. The van der Waals surface area contributed by atoms with Crippen LogP contribution in [0.2, 0.25) is 0 Å². The molecule has 1 heterocycles. The molecule has 31 heavy (non-hydrogen) atoms. The van der Waals surface area contributed by atoms with Gasteiger partial charge in [-0.05, 0) is 78.9 Å². The van der Waals surface area contributed by atoms with E-state index in [0.717, 1.165) is 11.8 Å². The summed E-state index contributed by atoms with van der Waals surface area (Å²) in [6.45, 7) is 9.41. The third kappa shape index (κ3) is 14.9. The summed E-state index contributed by atoms with van der Waals surface area (Å²) in [7, 11) is 2.03. The lowest BCUT2D eigenvalue weighted by Crippen LogP contribution is -1.96. The van der Waals surface area contributed by atoms with Crippen molar-refractivity contribution in [3.63, 3.8) is 0 Å². The minimum absolute atomic E-state index is 0.674. The topological polar surface area (TPSA) is 54.7 Å². The predicted octanol–water partition coefficient (Wildman–Crippen LogP) is 6.15. The Kier molecular flexibility index (Phi) is 16.1. The number of unbranched alkanes of at least 4 members (excludes halogenated alkanes) is 2. The van der Waals surface area contributed by atoms with Crippen LogP contribution in [0.4, 0.5) is 0 Å². The Morgan fingerprint density at radius 1 is 1.03 bits per heavy atom.